The molecule has 3 amide bonds. The summed E-state index contributed by atoms with van der Waals surface area (Å²) in [6.07, 6.45) is 1.27. The second kappa shape index (κ2) is 6.19. The Morgan fingerprint density at radius 1 is 1.18 bits per heavy atom. The van der Waals surface area contributed by atoms with E-state index in [0.29, 0.717) is 5.96 Å². The van der Waals surface area contributed by atoms with Gasteiger partial charge in [-0.1, -0.05) is 12.1 Å². The summed E-state index contributed by atoms with van der Waals surface area (Å²) < 4.78 is 0. The topological polar surface area (TPSA) is 76.5 Å². The van der Waals surface area contributed by atoms with Crippen LogP contribution in [0.5, 0.6) is 0 Å². The van der Waals surface area contributed by atoms with Gasteiger partial charge < -0.3 is 9.80 Å². The van der Waals surface area contributed by atoms with E-state index in [0.717, 1.165) is 27.4 Å². The first-order valence-corrected chi connectivity index (χ1v) is 9.21. The molecule has 4 rings (SSSR count). The molecule has 3 heterocycles. The molecule has 1 saturated heterocycles. The molecule has 1 aromatic rings. The number of guanidine groups is 1. The third kappa shape index (κ3) is 2.44. The van der Waals surface area contributed by atoms with Crippen LogP contribution in [0, 0.1) is 13.8 Å². The number of hydrogen-bond acceptors (Lipinski definition) is 6. The lowest BCUT2D eigenvalue weighted by Crippen LogP contribution is -2.64. The number of carbonyl (C=O) groups excluding carboxylic acids is 3. The van der Waals surface area contributed by atoms with E-state index in [1.54, 1.807) is 7.05 Å². The van der Waals surface area contributed by atoms with Crippen molar-refractivity contribution < 1.29 is 14.4 Å². The number of carbonyl (C=O) groups is 3. The van der Waals surface area contributed by atoms with Crippen LogP contribution >= 0.6 is 0 Å². The Balaban J connectivity index is 1.75. The van der Waals surface area contributed by atoms with Crippen LogP contribution in [-0.2, 0) is 9.59 Å². The predicted octanol–water partition coefficient (Wildman–Crippen LogP) is 1.83. The van der Waals surface area contributed by atoms with Crippen molar-refractivity contribution in [2.45, 2.75) is 39.9 Å². The molecule has 2 atom stereocenters. The van der Waals surface area contributed by atoms with Crippen LogP contribution in [-0.4, -0.2) is 64.2 Å². The van der Waals surface area contributed by atoms with Crippen molar-refractivity contribution in [2.24, 2.45) is 4.99 Å². The van der Waals surface area contributed by atoms with Crippen molar-refractivity contribution in [2.75, 3.05) is 18.5 Å². The number of aliphatic imine (C=N–C) groups is 1. The second-order valence-corrected chi connectivity index (χ2v) is 7.54. The highest BCUT2D eigenvalue weighted by atomic mass is 16.2. The number of imide groups is 1. The van der Waals surface area contributed by atoms with E-state index in [9.17, 15) is 14.4 Å². The fraction of sp³-hybridized carbons (Fsp3) is 0.400. The minimum absolute atomic E-state index is 0.224. The van der Waals surface area contributed by atoms with Gasteiger partial charge in [-0.05, 0) is 44.9 Å². The number of Topliss-reactive ketones (excluding diaryl/α,β-unsaturated/α-hetero) is 1. The average molecular weight is 381 g/mol. The monoisotopic (exact) mass is 381 g/mol. The van der Waals surface area contributed by atoms with Gasteiger partial charge in [0.05, 0.1) is 12.2 Å². The number of rotatable bonds is 3. The molecule has 1 aromatic carbocycles. The summed E-state index contributed by atoms with van der Waals surface area (Å²) >= 11 is 0. The van der Waals surface area contributed by atoms with Gasteiger partial charge in [-0.3, -0.25) is 19.4 Å². The molecule has 3 aliphatic heterocycles. The Morgan fingerprint density at radius 2 is 1.89 bits per heavy atom. The minimum Gasteiger partial charge on any atom is -0.302 e. The van der Waals surface area contributed by atoms with Gasteiger partial charge in [-0.25, -0.2) is 9.79 Å². The average Bonchev–Trinajstić information content (AvgIpc) is 3.14. The lowest BCUT2D eigenvalue weighted by Gasteiger charge is -2.39. The van der Waals surface area contributed by atoms with Crippen molar-refractivity contribution in [3.05, 3.63) is 41.2 Å². The first-order chi connectivity index (χ1) is 13.2. The summed E-state index contributed by atoms with van der Waals surface area (Å²) in [5.41, 5.74) is 4.23. The number of nitrogens with zero attached hydrogens (tertiary/aromatic N) is 5. The van der Waals surface area contributed by atoms with Crippen LogP contribution in [0.15, 0.2) is 35.1 Å². The summed E-state index contributed by atoms with van der Waals surface area (Å²) in [4.78, 5) is 48.3. The summed E-state index contributed by atoms with van der Waals surface area (Å²) in [6, 6.07) is 4.91. The summed E-state index contributed by atoms with van der Waals surface area (Å²) in [5.74, 6) is -0.00867. The molecule has 8 heteroatoms. The number of benzene rings is 1. The molecule has 0 aromatic heterocycles. The smallest absolute Gasteiger partial charge is 0.302 e. The van der Waals surface area contributed by atoms with Crippen LogP contribution in [0.2, 0.25) is 0 Å². The van der Waals surface area contributed by atoms with Gasteiger partial charge in [-0.2, -0.15) is 0 Å². The predicted molar refractivity (Wildman–Crippen MR) is 105 cm³/mol. The van der Waals surface area contributed by atoms with Crippen LogP contribution in [0.4, 0.5) is 10.5 Å². The molecule has 0 saturated carbocycles. The maximum Gasteiger partial charge on any atom is 0.328 e. The van der Waals surface area contributed by atoms with Gasteiger partial charge in [0, 0.05) is 18.9 Å². The Kier molecular flexibility index (Phi) is 4.02. The van der Waals surface area contributed by atoms with E-state index in [1.807, 2.05) is 35.1 Å². The molecule has 0 spiro atoms. The Morgan fingerprint density at radius 3 is 2.57 bits per heavy atom. The maximum absolute atomic E-state index is 13.1. The van der Waals surface area contributed by atoms with Gasteiger partial charge in [0.1, 0.15) is 5.78 Å². The van der Waals surface area contributed by atoms with Crippen molar-refractivity contribution in [3.63, 3.8) is 0 Å². The Bertz CT molecular complexity index is 967. The van der Waals surface area contributed by atoms with Gasteiger partial charge in [0.2, 0.25) is 5.96 Å². The van der Waals surface area contributed by atoms with Crippen LogP contribution < -0.4 is 4.90 Å². The van der Waals surface area contributed by atoms with E-state index in [1.165, 1.54) is 11.8 Å². The molecule has 146 valence electrons. The number of ketones is 1. The summed E-state index contributed by atoms with van der Waals surface area (Å²) in [6.45, 7) is 7.21. The number of anilines is 1. The number of aryl methyl sites for hydroxylation is 1. The number of amides is 3. The fourth-order valence-corrected chi connectivity index (χ4v) is 4.00. The molecule has 0 radical (unpaired) electrons. The standard InChI is InChI=1S/C20H23N5O3/c1-11-7-6-8-15(14(11)4)25-12(2)9-23-16-17(21-19(23)25)22(5)20(28)24(18(16)27)10-13(3)26/h6-9,16-17H,10H2,1-5H3. The van der Waals surface area contributed by atoms with Crippen LogP contribution in [0.25, 0.3) is 0 Å². The van der Waals surface area contributed by atoms with E-state index < -0.39 is 24.1 Å². The summed E-state index contributed by atoms with van der Waals surface area (Å²) in [5, 5.41) is 0. The lowest BCUT2D eigenvalue weighted by atomic mass is 10.1. The zero-order valence-corrected chi connectivity index (χ0v) is 16.6. The van der Waals surface area contributed by atoms with E-state index >= 15 is 0 Å². The molecular formula is C20H23N5O3. The zero-order chi connectivity index (χ0) is 20.3. The van der Waals surface area contributed by atoms with Crippen molar-refractivity contribution in [1.82, 2.24) is 14.7 Å². The van der Waals surface area contributed by atoms with Crippen molar-refractivity contribution in [1.29, 1.82) is 0 Å². The molecular weight excluding hydrogens is 358 g/mol. The normalized spacial score (nSPS) is 23.8. The highest BCUT2D eigenvalue weighted by Gasteiger charge is 2.54. The van der Waals surface area contributed by atoms with E-state index in [4.69, 9.17) is 4.99 Å². The number of allylic oxidation sites excluding steroid dienone is 1. The first kappa shape index (κ1) is 18.2. The lowest BCUT2D eigenvalue weighted by molar-refractivity contribution is -0.139. The molecule has 3 aliphatic rings. The molecule has 1 fully saturated rings. The van der Waals surface area contributed by atoms with E-state index in [-0.39, 0.29) is 12.3 Å². The maximum atomic E-state index is 13.1. The fourth-order valence-electron chi connectivity index (χ4n) is 4.00. The third-order valence-electron chi connectivity index (χ3n) is 5.59. The largest absolute Gasteiger partial charge is 0.328 e. The molecule has 8 nitrogen and oxygen atoms in total. The Hall–Kier alpha value is -3.16. The molecule has 0 aliphatic carbocycles. The van der Waals surface area contributed by atoms with Gasteiger partial charge in [0.15, 0.2) is 12.2 Å². The molecule has 28 heavy (non-hydrogen) atoms. The third-order valence-corrected chi connectivity index (χ3v) is 5.59. The number of likely N-dealkylation sites (N-methyl/N-ethyl adjacent to an activating group) is 1. The highest BCUT2D eigenvalue weighted by Crippen LogP contribution is 2.37. The van der Waals surface area contributed by atoms with Gasteiger partial charge >= 0.3 is 6.03 Å². The minimum atomic E-state index is -0.665. The molecule has 0 bridgehead atoms. The second-order valence-electron chi connectivity index (χ2n) is 7.54. The van der Waals surface area contributed by atoms with Crippen molar-refractivity contribution >= 4 is 29.4 Å². The first-order valence-electron chi connectivity index (χ1n) is 9.21. The number of fused-ring (bicyclic) bond motifs is 3. The van der Waals surface area contributed by atoms with Crippen molar-refractivity contribution in [3.8, 4) is 0 Å². The summed E-state index contributed by atoms with van der Waals surface area (Å²) in [7, 11) is 1.62. The Labute approximate surface area is 163 Å². The molecule has 0 N–H and O–H groups in total. The van der Waals surface area contributed by atoms with E-state index in [2.05, 4.69) is 19.9 Å². The number of urea groups is 1. The highest BCUT2D eigenvalue weighted by molar-refractivity contribution is 6.11. The van der Waals surface area contributed by atoms with Gasteiger partial charge in [-0.15, -0.1) is 0 Å². The SMILES string of the molecule is CC(=O)CN1C(=O)C2C(N=C3N(c4cccc(C)c4C)C(C)=CN32)N(C)C1=O. The quantitative estimate of drug-likeness (QED) is 0.798. The number of hydrogen-bond donors (Lipinski definition) is 0. The zero-order valence-electron chi connectivity index (χ0n) is 16.6. The van der Waals surface area contributed by atoms with Gasteiger partial charge in [0.25, 0.3) is 5.91 Å². The van der Waals surface area contributed by atoms with Crippen LogP contribution in [0.3, 0.4) is 0 Å². The molecule has 2 unspecified atom stereocenters. The van der Waals surface area contributed by atoms with Crippen LogP contribution in [0.1, 0.15) is 25.0 Å².